The fourth-order valence-corrected chi connectivity index (χ4v) is 2.36. The lowest BCUT2D eigenvalue weighted by Gasteiger charge is -2.38. The first-order valence-corrected chi connectivity index (χ1v) is 7.45. The molecule has 3 heteroatoms. The Morgan fingerprint density at radius 1 is 1.22 bits per heavy atom. The molecule has 0 aromatic rings. The van der Waals surface area contributed by atoms with Gasteiger partial charge in [0.25, 0.3) is 0 Å². The lowest BCUT2D eigenvalue weighted by molar-refractivity contribution is 0.0756. The second kappa shape index (κ2) is 9.76. The van der Waals surface area contributed by atoms with Crippen LogP contribution in [0.1, 0.15) is 47.0 Å². The van der Waals surface area contributed by atoms with Gasteiger partial charge in [0.05, 0.1) is 6.61 Å². The maximum Gasteiger partial charge on any atom is 0.0615 e. The molecule has 0 saturated heterocycles. The maximum absolute atomic E-state index is 5.25. The van der Waals surface area contributed by atoms with Crippen LogP contribution in [0.3, 0.4) is 0 Å². The number of hydrogen-bond donors (Lipinski definition) is 1. The van der Waals surface area contributed by atoms with Crippen molar-refractivity contribution in [1.82, 2.24) is 10.2 Å². The van der Waals surface area contributed by atoms with E-state index < -0.39 is 0 Å². The average molecular weight is 258 g/mol. The fraction of sp³-hybridized carbons (Fsp3) is 1.00. The summed E-state index contributed by atoms with van der Waals surface area (Å²) in [7, 11) is 3.99. The predicted molar refractivity (Wildman–Crippen MR) is 80.1 cm³/mol. The SMILES string of the molecule is CCCNCC(CC)(CC)CN(C)C(C)COC. The summed E-state index contributed by atoms with van der Waals surface area (Å²) >= 11 is 0. The molecule has 0 aliphatic heterocycles. The van der Waals surface area contributed by atoms with Crippen LogP contribution in [-0.2, 0) is 4.74 Å². The zero-order valence-corrected chi connectivity index (χ0v) is 13.4. The first-order chi connectivity index (χ1) is 8.55. The molecule has 0 aliphatic rings. The van der Waals surface area contributed by atoms with Gasteiger partial charge in [-0.3, -0.25) is 0 Å². The number of methoxy groups -OCH3 is 1. The van der Waals surface area contributed by atoms with Crippen LogP contribution in [0.2, 0.25) is 0 Å². The van der Waals surface area contributed by atoms with Gasteiger partial charge in [-0.05, 0) is 45.2 Å². The molecule has 0 aromatic carbocycles. The van der Waals surface area contributed by atoms with Crippen molar-refractivity contribution in [3.05, 3.63) is 0 Å². The molecular formula is C15H34N2O. The van der Waals surface area contributed by atoms with Gasteiger partial charge in [0.2, 0.25) is 0 Å². The summed E-state index contributed by atoms with van der Waals surface area (Å²) in [4.78, 5) is 2.43. The minimum atomic E-state index is 0.395. The number of nitrogens with zero attached hydrogens (tertiary/aromatic N) is 1. The third-order valence-corrected chi connectivity index (χ3v) is 4.17. The van der Waals surface area contributed by atoms with Crippen molar-refractivity contribution in [2.24, 2.45) is 5.41 Å². The van der Waals surface area contributed by atoms with E-state index >= 15 is 0 Å². The van der Waals surface area contributed by atoms with E-state index in [1.807, 2.05) is 0 Å². The molecule has 18 heavy (non-hydrogen) atoms. The van der Waals surface area contributed by atoms with E-state index in [9.17, 15) is 0 Å². The van der Waals surface area contributed by atoms with Crippen LogP contribution in [0.4, 0.5) is 0 Å². The van der Waals surface area contributed by atoms with E-state index in [1.54, 1.807) is 7.11 Å². The zero-order chi connectivity index (χ0) is 14.0. The summed E-state index contributed by atoms with van der Waals surface area (Å²) in [5.41, 5.74) is 0.395. The Morgan fingerprint density at radius 3 is 2.28 bits per heavy atom. The zero-order valence-electron chi connectivity index (χ0n) is 13.4. The summed E-state index contributed by atoms with van der Waals surface area (Å²) < 4.78 is 5.25. The van der Waals surface area contributed by atoms with E-state index in [1.165, 1.54) is 19.3 Å². The molecule has 0 heterocycles. The highest BCUT2D eigenvalue weighted by Gasteiger charge is 2.28. The van der Waals surface area contributed by atoms with E-state index in [4.69, 9.17) is 4.74 Å². The number of ether oxygens (including phenoxy) is 1. The van der Waals surface area contributed by atoms with Gasteiger partial charge in [0.15, 0.2) is 0 Å². The van der Waals surface area contributed by atoms with Crippen molar-refractivity contribution in [1.29, 1.82) is 0 Å². The van der Waals surface area contributed by atoms with Crippen LogP contribution in [0.15, 0.2) is 0 Å². The Bertz CT molecular complexity index is 193. The second-order valence-corrected chi connectivity index (χ2v) is 5.60. The highest BCUT2D eigenvalue weighted by molar-refractivity contribution is 4.83. The van der Waals surface area contributed by atoms with Gasteiger partial charge in [-0.1, -0.05) is 20.8 Å². The van der Waals surface area contributed by atoms with Crippen LogP contribution < -0.4 is 5.32 Å². The van der Waals surface area contributed by atoms with Crippen molar-refractivity contribution < 1.29 is 4.74 Å². The van der Waals surface area contributed by atoms with Gasteiger partial charge < -0.3 is 15.0 Å². The summed E-state index contributed by atoms with van der Waals surface area (Å²) in [6, 6.07) is 0.485. The smallest absolute Gasteiger partial charge is 0.0615 e. The Morgan fingerprint density at radius 2 is 1.83 bits per heavy atom. The molecule has 1 N–H and O–H groups in total. The van der Waals surface area contributed by atoms with Gasteiger partial charge in [0, 0.05) is 26.2 Å². The molecule has 1 unspecified atom stereocenters. The first-order valence-electron chi connectivity index (χ1n) is 7.45. The highest BCUT2D eigenvalue weighted by atomic mass is 16.5. The van der Waals surface area contributed by atoms with Crippen molar-refractivity contribution >= 4 is 0 Å². The number of rotatable bonds is 11. The van der Waals surface area contributed by atoms with E-state index in [-0.39, 0.29) is 0 Å². The van der Waals surface area contributed by atoms with Gasteiger partial charge >= 0.3 is 0 Å². The fourth-order valence-electron chi connectivity index (χ4n) is 2.36. The van der Waals surface area contributed by atoms with Crippen molar-refractivity contribution in [2.75, 3.05) is 40.4 Å². The van der Waals surface area contributed by atoms with Crippen molar-refractivity contribution in [3.63, 3.8) is 0 Å². The maximum atomic E-state index is 5.25. The van der Waals surface area contributed by atoms with E-state index in [0.717, 1.165) is 26.2 Å². The van der Waals surface area contributed by atoms with Crippen LogP contribution in [0.25, 0.3) is 0 Å². The molecule has 3 nitrogen and oxygen atoms in total. The number of hydrogen-bond acceptors (Lipinski definition) is 3. The first kappa shape index (κ1) is 17.9. The van der Waals surface area contributed by atoms with Crippen LogP contribution in [-0.4, -0.2) is 51.3 Å². The van der Waals surface area contributed by atoms with Crippen LogP contribution >= 0.6 is 0 Å². The standard InChI is InChI=1S/C15H34N2O/c1-7-10-16-12-15(8-2,9-3)13-17(5)14(4)11-18-6/h14,16H,7-13H2,1-6H3. The number of likely N-dealkylation sites (N-methyl/N-ethyl adjacent to an activating group) is 1. The molecule has 0 bridgehead atoms. The minimum Gasteiger partial charge on any atom is -0.383 e. The van der Waals surface area contributed by atoms with Gasteiger partial charge in [-0.2, -0.15) is 0 Å². The molecular weight excluding hydrogens is 224 g/mol. The summed E-state index contributed by atoms with van der Waals surface area (Å²) in [5.74, 6) is 0. The highest BCUT2D eigenvalue weighted by Crippen LogP contribution is 2.27. The molecule has 0 fully saturated rings. The molecule has 0 radical (unpaired) electrons. The second-order valence-electron chi connectivity index (χ2n) is 5.60. The summed E-state index contributed by atoms with van der Waals surface area (Å²) in [6.45, 7) is 13.3. The van der Waals surface area contributed by atoms with Gasteiger partial charge in [-0.15, -0.1) is 0 Å². The third-order valence-electron chi connectivity index (χ3n) is 4.17. The third kappa shape index (κ3) is 6.17. The summed E-state index contributed by atoms with van der Waals surface area (Å²) in [5, 5.41) is 3.60. The molecule has 0 aromatic heterocycles. The predicted octanol–water partition coefficient (Wildman–Crippen LogP) is 2.76. The molecule has 0 aliphatic carbocycles. The Kier molecular flexibility index (Phi) is 9.70. The molecule has 0 rings (SSSR count). The van der Waals surface area contributed by atoms with E-state index in [0.29, 0.717) is 11.5 Å². The average Bonchev–Trinajstić information content (AvgIpc) is 2.38. The molecule has 0 saturated carbocycles. The molecule has 1 atom stereocenters. The quantitative estimate of drug-likeness (QED) is 0.577. The van der Waals surface area contributed by atoms with Crippen molar-refractivity contribution in [3.8, 4) is 0 Å². The monoisotopic (exact) mass is 258 g/mol. The molecule has 110 valence electrons. The number of nitrogens with one attached hydrogen (secondary N) is 1. The summed E-state index contributed by atoms with van der Waals surface area (Å²) in [6.07, 6.45) is 3.66. The normalized spacial score (nSPS) is 14.2. The topological polar surface area (TPSA) is 24.5 Å². The Hall–Kier alpha value is -0.120. The van der Waals surface area contributed by atoms with Gasteiger partial charge in [0.1, 0.15) is 0 Å². The lowest BCUT2D eigenvalue weighted by Crippen LogP contribution is -2.46. The lowest BCUT2D eigenvalue weighted by atomic mass is 9.81. The Balaban J connectivity index is 4.39. The molecule has 0 spiro atoms. The molecule has 0 amide bonds. The van der Waals surface area contributed by atoms with E-state index in [2.05, 4.69) is 45.0 Å². The van der Waals surface area contributed by atoms with Crippen LogP contribution in [0.5, 0.6) is 0 Å². The largest absolute Gasteiger partial charge is 0.383 e. The van der Waals surface area contributed by atoms with Gasteiger partial charge in [-0.25, -0.2) is 0 Å². The van der Waals surface area contributed by atoms with Crippen LogP contribution in [0, 0.1) is 5.41 Å². The minimum absolute atomic E-state index is 0.395. The van der Waals surface area contributed by atoms with Crippen molar-refractivity contribution in [2.45, 2.75) is 53.0 Å². The Labute approximate surface area is 114 Å².